The summed E-state index contributed by atoms with van der Waals surface area (Å²) >= 11 is 1.26. The number of likely N-dealkylation sites (N-methyl/N-ethyl adjacent to an activating group) is 1. The summed E-state index contributed by atoms with van der Waals surface area (Å²) in [4.78, 5) is 19.2. The molecular weight excluding hydrogens is 450 g/mol. The van der Waals surface area contributed by atoms with Crippen LogP contribution in [0.3, 0.4) is 0 Å². The molecule has 3 heterocycles. The molecule has 1 aliphatic carbocycles. The maximum atomic E-state index is 12.2. The number of amides is 1. The van der Waals surface area contributed by atoms with Crippen molar-refractivity contribution in [1.82, 2.24) is 14.8 Å². The van der Waals surface area contributed by atoms with Crippen molar-refractivity contribution in [2.45, 2.75) is 12.8 Å². The minimum Gasteiger partial charge on any atom is -0.473 e. The van der Waals surface area contributed by atoms with Crippen molar-refractivity contribution in [2.75, 3.05) is 25.1 Å². The number of thiophene rings is 1. The minimum absolute atomic E-state index is 0.396. The van der Waals surface area contributed by atoms with Gasteiger partial charge in [-0.1, -0.05) is 29.5 Å². The van der Waals surface area contributed by atoms with Crippen LogP contribution in [0.5, 0.6) is 16.7 Å². The number of primary amides is 1. The molecule has 3 aromatic heterocycles. The van der Waals surface area contributed by atoms with Crippen LogP contribution in [0.4, 0.5) is 5.69 Å². The van der Waals surface area contributed by atoms with Crippen LogP contribution in [0.15, 0.2) is 54.9 Å². The second-order valence-electron chi connectivity index (χ2n) is 8.09. The van der Waals surface area contributed by atoms with Crippen LogP contribution in [-0.2, 0) is 19.9 Å². The van der Waals surface area contributed by atoms with Gasteiger partial charge in [0.05, 0.1) is 28.9 Å². The van der Waals surface area contributed by atoms with Crippen LogP contribution in [0, 0.1) is 0 Å². The molecule has 0 fully saturated rings. The molecule has 174 valence electrons. The van der Waals surface area contributed by atoms with Gasteiger partial charge in [-0.2, -0.15) is 5.10 Å². The van der Waals surface area contributed by atoms with Gasteiger partial charge in [-0.05, 0) is 48.2 Å². The highest BCUT2D eigenvalue weighted by Crippen LogP contribution is 2.49. The monoisotopic (exact) mass is 475 g/mol. The van der Waals surface area contributed by atoms with Gasteiger partial charge in [-0.15, -0.1) is 0 Å². The highest BCUT2D eigenvalue weighted by Gasteiger charge is 2.31. The lowest BCUT2D eigenvalue weighted by atomic mass is 9.91. The molecule has 9 heteroatoms. The maximum Gasteiger partial charge on any atom is 0.259 e. The quantitative estimate of drug-likeness (QED) is 0.413. The van der Waals surface area contributed by atoms with Crippen molar-refractivity contribution in [2.24, 2.45) is 12.8 Å². The van der Waals surface area contributed by atoms with E-state index in [2.05, 4.69) is 27.1 Å². The van der Waals surface area contributed by atoms with Crippen molar-refractivity contribution in [1.29, 1.82) is 0 Å². The van der Waals surface area contributed by atoms with E-state index in [9.17, 15) is 4.79 Å². The molecule has 1 amide bonds. The number of aryl methyl sites for hydroxylation is 2. The molecule has 0 radical (unpaired) electrons. The Hall–Kier alpha value is -3.85. The zero-order valence-electron chi connectivity index (χ0n) is 19.0. The summed E-state index contributed by atoms with van der Waals surface area (Å²) in [6.07, 6.45) is 5.06. The second-order valence-corrected chi connectivity index (χ2v) is 9.08. The van der Waals surface area contributed by atoms with Gasteiger partial charge in [0, 0.05) is 26.0 Å². The summed E-state index contributed by atoms with van der Waals surface area (Å²) in [7, 11) is 3.91. The van der Waals surface area contributed by atoms with Crippen LogP contribution in [-0.4, -0.2) is 40.9 Å². The number of benzene rings is 1. The Bertz CT molecular complexity index is 1330. The zero-order chi connectivity index (χ0) is 23.7. The van der Waals surface area contributed by atoms with Crippen molar-refractivity contribution >= 4 is 22.9 Å². The van der Waals surface area contributed by atoms with E-state index >= 15 is 0 Å². The number of pyridine rings is 1. The number of carbonyl (C=O) groups is 1. The first-order valence-electron chi connectivity index (χ1n) is 11.0. The number of nitrogens with two attached hydrogens (primary N) is 1. The van der Waals surface area contributed by atoms with Crippen molar-refractivity contribution < 1.29 is 14.3 Å². The van der Waals surface area contributed by atoms with Gasteiger partial charge in [-0.3, -0.25) is 9.48 Å². The molecule has 0 atom stereocenters. The van der Waals surface area contributed by atoms with E-state index in [1.54, 1.807) is 12.3 Å². The Kier molecular flexibility index (Phi) is 5.93. The fourth-order valence-corrected chi connectivity index (χ4v) is 5.26. The highest BCUT2D eigenvalue weighted by atomic mass is 32.1. The third-order valence-electron chi connectivity index (χ3n) is 5.90. The van der Waals surface area contributed by atoms with Gasteiger partial charge in [0.15, 0.2) is 10.8 Å². The number of rotatable bonds is 8. The van der Waals surface area contributed by atoms with Gasteiger partial charge in [0.1, 0.15) is 6.61 Å². The fourth-order valence-electron chi connectivity index (χ4n) is 4.19. The van der Waals surface area contributed by atoms with Gasteiger partial charge in [0.25, 0.3) is 11.8 Å². The number of fused-ring (bicyclic) bond motifs is 3. The van der Waals surface area contributed by atoms with E-state index in [4.69, 9.17) is 15.2 Å². The molecule has 1 aromatic carbocycles. The van der Waals surface area contributed by atoms with Crippen LogP contribution in [0.1, 0.15) is 20.8 Å². The van der Waals surface area contributed by atoms with E-state index in [1.807, 2.05) is 49.2 Å². The molecule has 0 unspecified atom stereocenters. The SMILES string of the molecule is CN(CCOc1ncccc1Oc1sc(C(N)=O)c2c1-c1c(cnn1C)CC2)c1ccccc1. The first-order chi connectivity index (χ1) is 16.5. The average molecular weight is 476 g/mol. The van der Waals surface area contributed by atoms with Crippen molar-refractivity contribution in [3.8, 4) is 28.0 Å². The first kappa shape index (κ1) is 22.0. The Morgan fingerprint density at radius 2 is 2.03 bits per heavy atom. The molecule has 0 saturated carbocycles. The number of anilines is 1. The van der Waals surface area contributed by atoms with E-state index < -0.39 is 5.91 Å². The summed E-state index contributed by atoms with van der Waals surface area (Å²) in [5.74, 6) is 0.431. The van der Waals surface area contributed by atoms with Gasteiger partial charge in [-0.25, -0.2) is 4.98 Å². The van der Waals surface area contributed by atoms with Crippen molar-refractivity contribution in [3.05, 3.63) is 70.9 Å². The predicted octanol–water partition coefficient (Wildman–Crippen LogP) is 4.05. The van der Waals surface area contributed by atoms with Gasteiger partial charge < -0.3 is 20.1 Å². The average Bonchev–Trinajstić information content (AvgIpc) is 3.41. The lowest BCUT2D eigenvalue weighted by molar-refractivity contribution is 0.100. The number of nitrogens with zero attached hydrogens (tertiary/aromatic N) is 4. The smallest absolute Gasteiger partial charge is 0.259 e. The number of hydrogen-bond acceptors (Lipinski definition) is 7. The second kappa shape index (κ2) is 9.18. The zero-order valence-corrected chi connectivity index (χ0v) is 19.8. The van der Waals surface area contributed by atoms with Gasteiger partial charge in [0.2, 0.25) is 0 Å². The minimum atomic E-state index is -0.451. The summed E-state index contributed by atoms with van der Waals surface area (Å²) in [5, 5.41) is 5.00. The Balaban J connectivity index is 1.40. The fraction of sp³-hybridized carbons (Fsp3) is 0.240. The van der Waals surface area contributed by atoms with E-state index in [0.29, 0.717) is 41.1 Å². The maximum absolute atomic E-state index is 12.2. The lowest BCUT2D eigenvalue weighted by Gasteiger charge is -2.20. The predicted molar refractivity (Wildman–Crippen MR) is 132 cm³/mol. The first-order valence-corrected chi connectivity index (χ1v) is 11.8. The number of carbonyl (C=O) groups excluding carboxylic acids is 1. The van der Waals surface area contributed by atoms with E-state index in [-0.39, 0.29) is 0 Å². The summed E-state index contributed by atoms with van der Waals surface area (Å²) in [6, 6.07) is 13.7. The lowest BCUT2D eigenvalue weighted by Crippen LogP contribution is -2.23. The molecule has 0 bridgehead atoms. The third-order valence-corrected chi connectivity index (χ3v) is 7.02. The number of ether oxygens (including phenoxy) is 2. The number of hydrogen-bond donors (Lipinski definition) is 1. The number of para-hydroxylation sites is 1. The molecule has 0 saturated heterocycles. The molecule has 0 aliphatic heterocycles. The molecule has 8 nitrogen and oxygen atoms in total. The largest absolute Gasteiger partial charge is 0.473 e. The standard InChI is InChI=1S/C25H25N5O3S/c1-29(17-7-4-3-5-8-17)13-14-32-24-19(9-6-12-27-24)33-25-20-18(22(34-25)23(26)31)11-10-16-15-28-30(2)21(16)20/h3-9,12,15H,10-11,13-14H2,1-2H3,(H2,26,31). The molecule has 0 spiro atoms. The Labute approximate surface area is 201 Å². The Morgan fingerprint density at radius 1 is 1.21 bits per heavy atom. The van der Waals surface area contributed by atoms with E-state index in [0.717, 1.165) is 34.5 Å². The van der Waals surface area contributed by atoms with Crippen LogP contribution < -0.4 is 20.1 Å². The summed E-state index contributed by atoms with van der Waals surface area (Å²) in [6.45, 7) is 1.11. The normalized spacial score (nSPS) is 12.1. The molecule has 34 heavy (non-hydrogen) atoms. The highest BCUT2D eigenvalue weighted by molar-refractivity contribution is 7.16. The van der Waals surface area contributed by atoms with Crippen molar-refractivity contribution in [3.63, 3.8) is 0 Å². The van der Waals surface area contributed by atoms with Gasteiger partial charge >= 0.3 is 0 Å². The third kappa shape index (κ3) is 4.10. The summed E-state index contributed by atoms with van der Waals surface area (Å²) < 4.78 is 14.1. The van der Waals surface area contributed by atoms with Crippen LogP contribution in [0.25, 0.3) is 11.3 Å². The summed E-state index contributed by atoms with van der Waals surface area (Å²) in [5.41, 5.74) is 10.7. The number of aromatic nitrogens is 3. The molecule has 4 aromatic rings. The topological polar surface area (TPSA) is 95.5 Å². The van der Waals surface area contributed by atoms with E-state index in [1.165, 1.54) is 11.3 Å². The molecule has 1 aliphatic rings. The van der Waals surface area contributed by atoms with Crippen LogP contribution in [0.2, 0.25) is 0 Å². The molecule has 5 rings (SSSR count). The Morgan fingerprint density at radius 3 is 2.82 bits per heavy atom. The molecule has 2 N–H and O–H groups in total. The van der Waals surface area contributed by atoms with Crippen LogP contribution >= 0.6 is 11.3 Å². The molecular formula is C25H25N5O3S.